The molecule has 2 heterocycles. The minimum atomic E-state index is -0.331. The number of piperazine rings is 1. The number of benzene rings is 1. The lowest BCUT2D eigenvalue weighted by atomic mass is 10.3. The maximum atomic E-state index is 12.9. The Morgan fingerprint density at radius 1 is 1.14 bits per heavy atom. The van der Waals surface area contributed by atoms with Crippen molar-refractivity contribution < 1.29 is 13.9 Å². The van der Waals surface area contributed by atoms with E-state index < -0.39 is 0 Å². The van der Waals surface area contributed by atoms with Crippen LogP contribution in [0.2, 0.25) is 0 Å². The standard InChI is InChI=1S/C16H16FN3O2/c17-12-4-6-13(7-5-12)22-15-3-1-2-14(19-15)16(21)20-10-8-18-9-11-20/h1-7,18H,8-11H2. The topological polar surface area (TPSA) is 54.5 Å². The third kappa shape index (κ3) is 3.40. The van der Waals surface area contributed by atoms with E-state index in [0.29, 0.717) is 30.4 Å². The molecule has 1 aromatic heterocycles. The monoisotopic (exact) mass is 301 g/mol. The van der Waals surface area contributed by atoms with Crippen LogP contribution in [0.4, 0.5) is 4.39 Å². The van der Waals surface area contributed by atoms with Gasteiger partial charge in [0.2, 0.25) is 5.88 Å². The summed E-state index contributed by atoms with van der Waals surface area (Å²) in [6, 6.07) is 10.7. The lowest BCUT2D eigenvalue weighted by Crippen LogP contribution is -2.46. The molecule has 0 radical (unpaired) electrons. The van der Waals surface area contributed by atoms with Crippen LogP contribution in [-0.4, -0.2) is 42.0 Å². The van der Waals surface area contributed by atoms with Crippen molar-refractivity contribution in [2.24, 2.45) is 0 Å². The number of nitrogens with one attached hydrogen (secondary N) is 1. The third-order valence-electron chi connectivity index (χ3n) is 3.38. The lowest BCUT2D eigenvalue weighted by molar-refractivity contribution is 0.0729. The molecule has 3 rings (SSSR count). The Kier molecular flexibility index (Phi) is 4.29. The van der Waals surface area contributed by atoms with E-state index in [0.717, 1.165) is 13.1 Å². The van der Waals surface area contributed by atoms with Crippen LogP contribution in [0.3, 0.4) is 0 Å². The molecule has 1 aromatic carbocycles. The van der Waals surface area contributed by atoms with Gasteiger partial charge >= 0.3 is 0 Å². The maximum absolute atomic E-state index is 12.9. The molecule has 22 heavy (non-hydrogen) atoms. The van der Waals surface area contributed by atoms with Gasteiger partial charge in [0.15, 0.2) is 0 Å². The number of rotatable bonds is 3. The number of hydrogen-bond acceptors (Lipinski definition) is 4. The van der Waals surface area contributed by atoms with E-state index in [2.05, 4.69) is 10.3 Å². The zero-order chi connectivity index (χ0) is 15.4. The van der Waals surface area contributed by atoms with Gasteiger partial charge in [0.1, 0.15) is 17.3 Å². The van der Waals surface area contributed by atoms with Gasteiger partial charge in [-0.1, -0.05) is 6.07 Å². The van der Waals surface area contributed by atoms with Gasteiger partial charge in [-0.3, -0.25) is 4.79 Å². The van der Waals surface area contributed by atoms with Crippen LogP contribution in [0.25, 0.3) is 0 Å². The van der Waals surface area contributed by atoms with Crippen molar-refractivity contribution in [1.29, 1.82) is 0 Å². The van der Waals surface area contributed by atoms with Gasteiger partial charge in [-0.05, 0) is 30.3 Å². The van der Waals surface area contributed by atoms with Crippen molar-refractivity contribution in [3.05, 3.63) is 54.0 Å². The molecule has 0 aliphatic carbocycles. The van der Waals surface area contributed by atoms with Gasteiger partial charge in [-0.2, -0.15) is 0 Å². The van der Waals surface area contributed by atoms with E-state index in [1.807, 2.05) is 0 Å². The molecule has 1 aliphatic rings. The number of aromatic nitrogens is 1. The summed E-state index contributed by atoms with van der Waals surface area (Å²) in [5, 5.41) is 3.20. The Labute approximate surface area is 127 Å². The molecule has 0 spiro atoms. The molecule has 0 unspecified atom stereocenters. The summed E-state index contributed by atoms with van der Waals surface area (Å²) in [5.41, 5.74) is 0.349. The van der Waals surface area contributed by atoms with Gasteiger partial charge in [0.05, 0.1) is 0 Å². The van der Waals surface area contributed by atoms with Crippen LogP contribution in [0.1, 0.15) is 10.5 Å². The van der Waals surface area contributed by atoms with Crippen LogP contribution in [0.5, 0.6) is 11.6 Å². The summed E-state index contributed by atoms with van der Waals surface area (Å²) in [4.78, 5) is 18.4. The average Bonchev–Trinajstić information content (AvgIpc) is 2.57. The van der Waals surface area contributed by atoms with E-state index in [-0.39, 0.29) is 11.7 Å². The first kappa shape index (κ1) is 14.5. The number of pyridine rings is 1. The number of hydrogen-bond donors (Lipinski definition) is 1. The fraction of sp³-hybridized carbons (Fsp3) is 0.250. The summed E-state index contributed by atoms with van der Waals surface area (Å²) >= 11 is 0. The molecule has 0 saturated carbocycles. The molecule has 2 aromatic rings. The highest BCUT2D eigenvalue weighted by Crippen LogP contribution is 2.20. The highest BCUT2D eigenvalue weighted by atomic mass is 19.1. The predicted octanol–water partition coefficient (Wildman–Crippen LogP) is 2.06. The minimum Gasteiger partial charge on any atom is -0.439 e. The summed E-state index contributed by atoms with van der Waals surface area (Å²) in [6.07, 6.45) is 0. The molecule has 114 valence electrons. The Balaban J connectivity index is 1.74. The smallest absolute Gasteiger partial charge is 0.272 e. The van der Waals surface area contributed by atoms with Gasteiger partial charge < -0.3 is 15.0 Å². The van der Waals surface area contributed by atoms with Crippen LogP contribution >= 0.6 is 0 Å². The first-order valence-corrected chi connectivity index (χ1v) is 7.13. The molecule has 0 bridgehead atoms. The van der Waals surface area contributed by atoms with Crippen molar-refractivity contribution >= 4 is 5.91 Å². The zero-order valence-electron chi connectivity index (χ0n) is 12.0. The second kappa shape index (κ2) is 6.53. The lowest BCUT2D eigenvalue weighted by Gasteiger charge is -2.27. The van der Waals surface area contributed by atoms with Crippen LogP contribution in [0, 0.1) is 5.82 Å². The first-order chi connectivity index (χ1) is 10.7. The summed E-state index contributed by atoms with van der Waals surface area (Å²) in [6.45, 7) is 2.92. The SMILES string of the molecule is O=C(c1cccc(Oc2ccc(F)cc2)n1)N1CCNCC1. The highest BCUT2D eigenvalue weighted by Gasteiger charge is 2.19. The van der Waals surface area contributed by atoms with Crippen LogP contribution in [-0.2, 0) is 0 Å². The summed E-state index contributed by atoms with van der Waals surface area (Å²) in [7, 11) is 0. The maximum Gasteiger partial charge on any atom is 0.272 e. The van der Waals surface area contributed by atoms with Crippen molar-refractivity contribution in [2.75, 3.05) is 26.2 Å². The molecule has 0 atom stereocenters. The van der Waals surface area contributed by atoms with E-state index in [1.165, 1.54) is 24.3 Å². The molecule has 1 N–H and O–H groups in total. The van der Waals surface area contributed by atoms with Crippen molar-refractivity contribution in [3.8, 4) is 11.6 Å². The highest BCUT2D eigenvalue weighted by molar-refractivity contribution is 5.92. The number of halogens is 1. The predicted molar refractivity (Wildman–Crippen MR) is 79.5 cm³/mol. The Hall–Kier alpha value is -2.47. The van der Waals surface area contributed by atoms with E-state index >= 15 is 0 Å². The second-order valence-corrected chi connectivity index (χ2v) is 4.96. The summed E-state index contributed by atoms with van der Waals surface area (Å²) < 4.78 is 18.4. The van der Waals surface area contributed by atoms with Gasteiger partial charge in [-0.25, -0.2) is 9.37 Å². The van der Waals surface area contributed by atoms with E-state index in [4.69, 9.17) is 4.74 Å². The second-order valence-electron chi connectivity index (χ2n) is 4.96. The molecule has 1 aliphatic heterocycles. The molecule has 1 amide bonds. The summed E-state index contributed by atoms with van der Waals surface area (Å²) in [5.74, 6) is 0.349. The number of nitrogens with zero attached hydrogens (tertiary/aromatic N) is 2. The number of carbonyl (C=O) groups excluding carboxylic acids is 1. The Bertz CT molecular complexity index is 655. The van der Waals surface area contributed by atoms with E-state index in [9.17, 15) is 9.18 Å². The fourth-order valence-electron chi connectivity index (χ4n) is 2.24. The number of carbonyl (C=O) groups is 1. The normalized spacial score (nSPS) is 14.7. The number of ether oxygens (including phenoxy) is 1. The quantitative estimate of drug-likeness (QED) is 0.943. The molecular weight excluding hydrogens is 285 g/mol. The largest absolute Gasteiger partial charge is 0.439 e. The van der Waals surface area contributed by atoms with Gasteiger partial charge in [0.25, 0.3) is 5.91 Å². The minimum absolute atomic E-state index is 0.106. The molecule has 5 nitrogen and oxygen atoms in total. The molecule has 1 fully saturated rings. The van der Waals surface area contributed by atoms with Gasteiger partial charge in [0, 0.05) is 32.2 Å². The van der Waals surface area contributed by atoms with Crippen molar-refractivity contribution in [3.63, 3.8) is 0 Å². The number of amides is 1. The van der Waals surface area contributed by atoms with Crippen LogP contribution in [0.15, 0.2) is 42.5 Å². The first-order valence-electron chi connectivity index (χ1n) is 7.13. The van der Waals surface area contributed by atoms with E-state index in [1.54, 1.807) is 23.1 Å². The van der Waals surface area contributed by atoms with Crippen LogP contribution < -0.4 is 10.1 Å². The van der Waals surface area contributed by atoms with Crippen molar-refractivity contribution in [1.82, 2.24) is 15.2 Å². The Morgan fingerprint density at radius 2 is 1.86 bits per heavy atom. The van der Waals surface area contributed by atoms with Gasteiger partial charge in [-0.15, -0.1) is 0 Å². The Morgan fingerprint density at radius 3 is 2.59 bits per heavy atom. The molecular formula is C16H16FN3O2. The fourth-order valence-corrected chi connectivity index (χ4v) is 2.24. The zero-order valence-corrected chi connectivity index (χ0v) is 12.0. The molecule has 6 heteroatoms. The average molecular weight is 301 g/mol. The van der Waals surface area contributed by atoms with Crippen molar-refractivity contribution in [2.45, 2.75) is 0 Å². The third-order valence-corrected chi connectivity index (χ3v) is 3.38. The molecule has 1 saturated heterocycles.